The van der Waals surface area contributed by atoms with Crippen molar-refractivity contribution in [2.75, 3.05) is 52.5 Å². The molecule has 0 radical (unpaired) electrons. The molecule has 2 saturated heterocycles. The van der Waals surface area contributed by atoms with Gasteiger partial charge in [-0.15, -0.1) is 0 Å². The lowest BCUT2D eigenvalue weighted by Crippen LogP contribution is -2.41. The fourth-order valence-corrected chi connectivity index (χ4v) is 3.76. The first kappa shape index (κ1) is 19.1. The first-order valence-corrected chi connectivity index (χ1v) is 9.53. The number of amides is 1. The van der Waals surface area contributed by atoms with Gasteiger partial charge in [-0.1, -0.05) is 0 Å². The van der Waals surface area contributed by atoms with Gasteiger partial charge in [-0.05, 0) is 44.0 Å². The Morgan fingerprint density at radius 1 is 1.19 bits per heavy atom. The van der Waals surface area contributed by atoms with Gasteiger partial charge in [0.1, 0.15) is 5.75 Å². The summed E-state index contributed by atoms with van der Waals surface area (Å²) in [5.41, 5.74) is 0.671. The van der Waals surface area contributed by atoms with E-state index in [1.54, 1.807) is 0 Å². The Kier molecular flexibility index (Phi) is 6.51. The van der Waals surface area contributed by atoms with Crippen LogP contribution in [0.1, 0.15) is 24.2 Å². The second-order valence-electron chi connectivity index (χ2n) is 7.52. The molecule has 0 spiro atoms. The summed E-state index contributed by atoms with van der Waals surface area (Å²) in [6.45, 7) is 9.72. The molecule has 26 heavy (non-hydrogen) atoms. The number of aliphatic hydroxyl groups excluding tert-OH is 1. The molecule has 2 atom stereocenters. The van der Waals surface area contributed by atoms with Crippen LogP contribution in [0.4, 0.5) is 0 Å². The van der Waals surface area contributed by atoms with Crippen molar-refractivity contribution in [1.29, 1.82) is 0 Å². The molecular formula is C20H30N2O4. The van der Waals surface area contributed by atoms with Crippen molar-refractivity contribution in [3.8, 4) is 5.75 Å². The van der Waals surface area contributed by atoms with E-state index in [4.69, 9.17) is 9.47 Å². The third-order valence-corrected chi connectivity index (χ3v) is 5.17. The van der Waals surface area contributed by atoms with E-state index in [1.165, 1.54) is 0 Å². The average Bonchev–Trinajstić information content (AvgIpc) is 3.05. The molecule has 0 aliphatic carbocycles. The zero-order valence-electron chi connectivity index (χ0n) is 15.8. The van der Waals surface area contributed by atoms with Crippen molar-refractivity contribution in [2.24, 2.45) is 11.8 Å². The third-order valence-electron chi connectivity index (χ3n) is 5.17. The van der Waals surface area contributed by atoms with Gasteiger partial charge in [0.05, 0.1) is 19.3 Å². The minimum atomic E-state index is 0.0315. The monoisotopic (exact) mass is 362 g/mol. The van der Waals surface area contributed by atoms with Gasteiger partial charge in [0.25, 0.3) is 5.91 Å². The number of ether oxygens (including phenoxy) is 2. The molecule has 2 aliphatic heterocycles. The second kappa shape index (κ2) is 8.84. The molecule has 6 heteroatoms. The van der Waals surface area contributed by atoms with Gasteiger partial charge in [0, 0.05) is 50.8 Å². The van der Waals surface area contributed by atoms with Gasteiger partial charge in [-0.2, -0.15) is 0 Å². The number of carbonyl (C=O) groups is 1. The first-order chi connectivity index (χ1) is 12.6. The highest BCUT2D eigenvalue weighted by atomic mass is 16.5. The van der Waals surface area contributed by atoms with Gasteiger partial charge in [-0.3, -0.25) is 9.69 Å². The van der Waals surface area contributed by atoms with Crippen molar-refractivity contribution in [2.45, 2.75) is 20.0 Å². The minimum absolute atomic E-state index is 0.0315. The zero-order chi connectivity index (χ0) is 18.5. The lowest BCUT2D eigenvalue weighted by Gasteiger charge is -2.30. The Morgan fingerprint density at radius 3 is 2.46 bits per heavy atom. The predicted molar refractivity (Wildman–Crippen MR) is 99.4 cm³/mol. The number of rotatable bonds is 6. The molecule has 0 saturated carbocycles. The molecule has 1 aromatic rings. The van der Waals surface area contributed by atoms with Crippen LogP contribution < -0.4 is 4.74 Å². The third kappa shape index (κ3) is 4.75. The van der Waals surface area contributed by atoms with Crippen LogP contribution in [0.25, 0.3) is 0 Å². The SMILES string of the molecule is CC(C)Oc1ccc(C(=O)N2C[C@@H](CN3CCOCC3)[C@@H](CO)C2)cc1. The van der Waals surface area contributed by atoms with Gasteiger partial charge >= 0.3 is 0 Å². The molecule has 1 amide bonds. The lowest BCUT2D eigenvalue weighted by molar-refractivity contribution is 0.0264. The lowest BCUT2D eigenvalue weighted by atomic mass is 9.96. The van der Waals surface area contributed by atoms with E-state index in [9.17, 15) is 9.90 Å². The molecule has 0 bridgehead atoms. The van der Waals surface area contributed by atoms with Crippen LogP contribution >= 0.6 is 0 Å². The number of likely N-dealkylation sites (tertiary alicyclic amines) is 1. The largest absolute Gasteiger partial charge is 0.491 e. The van der Waals surface area contributed by atoms with Crippen LogP contribution in [0, 0.1) is 11.8 Å². The molecule has 2 fully saturated rings. The number of benzene rings is 1. The van der Waals surface area contributed by atoms with E-state index >= 15 is 0 Å². The molecule has 1 aromatic carbocycles. The highest BCUT2D eigenvalue weighted by molar-refractivity contribution is 5.94. The van der Waals surface area contributed by atoms with E-state index < -0.39 is 0 Å². The van der Waals surface area contributed by atoms with Crippen LogP contribution in [0.15, 0.2) is 24.3 Å². The van der Waals surface area contributed by atoms with Crippen LogP contribution in [-0.4, -0.2) is 79.5 Å². The molecule has 144 valence electrons. The Labute approximate surface area is 155 Å². The Balaban J connectivity index is 1.60. The van der Waals surface area contributed by atoms with E-state index in [0.717, 1.165) is 38.6 Å². The van der Waals surface area contributed by atoms with E-state index in [2.05, 4.69) is 4.90 Å². The summed E-state index contributed by atoms with van der Waals surface area (Å²) >= 11 is 0. The maximum atomic E-state index is 12.8. The summed E-state index contributed by atoms with van der Waals surface area (Å²) in [7, 11) is 0. The van der Waals surface area contributed by atoms with Gasteiger partial charge < -0.3 is 19.5 Å². The van der Waals surface area contributed by atoms with Crippen molar-refractivity contribution < 1.29 is 19.4 Å². The van der Waals surface area contributed by atoms with E-state index in [1.807, 2.05) is 43.0 Å². The van der Waals surface area contributed by atoms with Crippen molar-refractivity contribution >= 4 is 5.91 Å². The molecule has 0 unspecified atom stereocenters. The van der Waals surface area contributed by atoms with E-state index in [0.29, 0.717) is 24.6 Å². The Hall–Kier alpha value is -1.63. The predicted octanol–water partition coefficient (Wildman–Crippen LogP) is 1.49. The molecule has 6 nitrogen and oxygen atoms in total. The van der Waals surface area contributed by atoms with Crippen molar-refractivity contribution in [3.63, 3.8) is 0 Å². The number of hydrogen-bond donors (Lipinski definition) is 1. The molecule has 1 N–H and O–H groups in total. The molecule has 2 heterocycles. The molecule has 2 aliphatic rings. The van der Waals surface area contributed by atoms with Crippen LogP contribution in [0.3, 0.4) is 0 Å². The smallest absolute Gasteiger partial charge is 0.253 e. The summed E-state index contributed by atoms with van der Waals surface area (Å²) < 4.78 is 11.0. The number of carbonyl (C=O) groups excluding carboxylic acids is 1. The molecule has 0 aromatic heterocycles. The maximum absolute atomic E-state index is 12.8. The highest BCUT2D eigenvalue weighted by Gasteiger charge is 2.36. The summed E-state index contributed by atoms with van der Waals surface area (Å²) in [6, 6.07) is 7.34. The molecular weight excluding hydrogens is 332 g/mol. The Bertz CT molecular complexity index is 584. The van der Waals surface area contributed by atoms with E-state index in [-0.39, 0.29) is 24.5 Å². The Morgan fingerprint density at radius 2 is 1.85 bits per heavy atom. The number of nitrogens with zero attached hydrogens (tertiary/aromatic N) is 2. The minimum Gasteiger partial charge on any atom is -0.491 e. The van der Waals surface area contributed by atoms with Gasteiger partial charge in [0.15, 0.2) is 0 Å². The summed E-state index contributed by atoms with van der Waals surface area (Å²) in [6.07, 6.45) is 0.112. The van der Waals surface area contributed by atoms with Gasteiger partial charge in [0.2, 0.25) is 0 Å². The fourth-order valence-electron chi connectivity index (χ4n) is 3.76. The number of morpholine rings is 1. The van der Waals surface area contributed by atoms with Crippen molar-refractivity contribution in [1.82, 2.24) is 9.80 Å². The second-order valence-corrected chi connectivity index (χ2v) is 7.52. The summed E-state index contributed by atoms with van der Waals surface area (Å²) in [5, 5.41) is 9.76. The number of aliphatic hydroxyl groups is 1. The highest BCUT2D eigenvalue weighted by Crippen LogP contribution is 2.26. The van der Waals surface area contributed by atoms with Crippen LogP contribution in [0.2, 0.25) is 0 Å². The maximum Gasteiger partial charge on any atom is 0.253 e. The molecule has 3 rings (SSSR count). The average molecular weight is 362 g/mol. The standard InChI is InChI=1S/C20H30N2O4/c1-15(2)26-19-5-3-16(4-6-19)20(24)22-12-17(18(13-22)14-23)11-21-7-9-25-10-8-21/h3-6,15,17-18,23H,7-14H2,1-2H3/t17-,18-/m1/s1. The fraction of sp³-hybridized carbons (Fsp3) is 0.650. The summed E-state index contributed by atoms with van der Waals surface area (Å²) in [5.74, 6) is 1.26. The normalized spacial score (nSPS) is 24.2. The van der Waals surface area contributed by atoms with Crippen LogP contribution in [0.5, 0.6) is 5.75 Å². The zero-order valence-corrected chi connectivity index (χ0v) is 15.8. The van der Waals surface area contributed by atoms with Gasteiger partial charge in [-0.25, -0.2) is 0 Å². The van der Waals surface area contributed by atoms with Crippen molar-refractivity contribution in [3.05, 3.63) is 29.8 Å². The quantitative estimate of drug-likeness (QED) is 0.831. The van der Waals surface area contributed by atoms with Crippen LogP contribution in [-0.2, 0) is 4.74 Å². The topological polar surface area (TPSA) is 62.2 Å². The first-order valence-electron chi connectivity index (χ1n) is 9.53. The summed E-state index contributed by atoms with van der Waals surface area (Å²) in [4.78, 5) is 17.1. The number of hydrogen-bond acceptors (Lipinski definition) is 5.